The first-order chi connectivity index (χ1) is 23.8. The van der Waals surface area contributed by atoms with E-state index in [0.29, 0.717) is 38.0 Å². The number of ether oxygens (including phenoxy) is 6. The van der Waals surface area contributed by atoms with Crippen molar-refractivity contribution in [2.75, 3.05) is 58.6 Å². The number of aliphatic hydroxyl groups excluding tert-OH is 1. The number of carbonyl (C=O) groups excluding carboxylic acids is 6. The van der Waals surface area contributed by atoms with E-state index in [2.05, 4.69) is 25.4 Å². The van der Waals surface area contributed by atoms with E-state index in [0.717, 1.165) is 0 Å². The number of carbonyl (C=O) groups is 6. The molecule has 5 atom stereocenters. The first-order valence-corrected chi connectivity index (χ1v) is 17.9. The molecule has 0 aromatic heterocycles. The van der Waals surface area contributed by atoms with Gasteiger partial charge in [-0.1, -0.05) is 0 Å². The first kappa shape index (κ1) is 43.8. The van der Waals surface area contributed by atoms with Gasteiger partial charge in [0, 0.05) is 36.3 Å². The summed E-state index contributed by atoms with van der Waals surface area (Å²) in [7, 11) is 2.39. The van der Waals surface area contributed by atoms with Gasteiger partial charge in [-0.3, -0.25) is 19.2 Å². The Kier molecular flexibility index (Phi) is 16.7. The van der Waals surface area contributed by atoms with Crippen LogP contribution in [0.25, 0.3) is 0 Å². The van der Waals surface area contributed by atoms with Crippen molar-refractivity contribution in [3.63, 3.8) is 0 Å². The lowest BCUT2D eigenvalue weighted by atomic mass is 10.0. The highest BCUT2D eigenvalue weighted by atomic mass is 32.2. The van der Waals surface area contributed by atoms with E-state index in [1.807, 2.05) is 27.7 Å². The van der Waals surface area contributed by atoms with Crippen molar-refractivity contribution >= 4 is 47.7 Å². The second kappa shape index (κ2) is 19.4. The van der Waals surface area contributed by atoms with Gasteiger partial charge in [-0.05, 0) is 53.4 Å². The summed E-state index contributed by atoms with van der Waals surface area (Å²) >= 11 is 1.34. The number of nitrogens with two attached hydrogens (primary N) is 2. The Morgan fingerprint density at radius 2 is 1.55 bits per heavy atom. The lowest BCUT2D eigenvalue weighted by Crippen LogP contribution is -2.56. The Bertz CT molecular complexity index is 1240. The smallest absolute Gasteiger partial charge is 0.438 e. The minimum absolute atomic E-state index is 0.0343. The van der Waals surface area contributed by atoms with Crippen LogP contribution < -0.4 is 27.4 Å². The summed E-state index contributed by atoms with van der Waals surface area (Å²) in [6.45, 7) is 7.93. The largest absolute Gasteiger partial charge is 0.508 e. The minimum Gasteiger partial charge on any atom is -0.438 e. The lowest BCUT2D eigenvalue weighted by molar-refractivity contribution is -0.131. The van der Waals surface area contributed by atoms with E-state index in [1.165, 1.54) is 26.0 Å². The Hall–Kier alpha value is -3.39. The number of amides is 4. The molecule has 0 aromatic rings. The maximum Gasteiger partial charge on any atom is 0.508 e. The standard InChI is InChI=1S/C32H55N5O13S/c1-29(2,8-7-24(40)36-17-23(34)39)48-13-9-30(3,4)49-14-11-35-26(42)32(15-21(32)38)37-25(41)20(33)18-51-19-31(10-12-47-27(43)45-5)16-22(31)50-28(44)46-6/h20-22,38H,7-19,33H2,1-6H3,(H2,34,39)(H,35,42)(H,36,40)(H,37,41)/t20-,21?,22?,31?,32?/m0/s1. The van der Waals surface area contributed by atoms with Crippen molar-refractivity contribution in [1.29, 1.82) is 0 Å². The van der Waals surface area contributed by atoms with Crippen LogP contribution in [-0.2, 0) is 47.6 Å². The van der Waals surface area contributed by atoms with Crippen molar-refractivity contribution < 1.29 is 62.3 Å². The molecule has 19 heteroatoms. The summed E-state index contributed by atoms with van der Waals surface area (Å²) in [5, 5.41) is 18.0. The topological polar surface area (TPSA) is 266 Å². The average Bonchev–Trinajstić information content (AvgIpc) is 3.94. The zero-order valence-corrected chi connectivity index (χ0v) is 31.2. The zero-order valence-electron chi connectivity index (χ0n) is 30.3. The molecule has 0 aromatic carbocycles. The highest BCUT2D eigenvalue weighted by Crippen LogP contribution is 2.53. The van der Waals surface area contributed by atoms with Crippen LogP contribution in [0.4, 0.5) is 9.59 Å². The number of aliphatic hydroxyl groups is 1. The SMILES string of the molecule is COC(=O)OCCC1(CSC[C@H](N)C(=O)NC2(C(=O)NCCOC(C)(C)CCOC(C)(C)CCC(=O)NCC(N)=O)CC2O)CC1OC(=O)OC. The molecule has 8 N–H and O–H groups in total. The minimum atomic E-state index is -1.49. The second-order valence-electron chi connectivity index (χ2n) is 13.9. The third-order valence-electron chi connectivity index (χ3n) is 8.70. The van der Waals surface area contributed by atoms with Gasteiger partial charge in [0.1, 0.15) is 11.6 Å². The van der Waals surface area contributed by atoms with Crippen LogP contribution in [0.15, 0.2) is 0 Å². The van der Waals surface area contributed by atoms with Crippen LogP contribution in [-0.4, -0.2) is 135 Å². The van der Waals surface area contributed by atoms with Crippen LogP contribution in [0, 0.1) is 5.41 Å². The Balaban J connectivity index is 1.73. The van der Waals surface area contributed by atoms with Gasteiger partial charge in [-0.25, -0.2) is 9.59 Å². The predicted octanol–water partition coefficient (Wildman–Crippen LogP) is -0.140. The van der Waals surface area contributed by atoms with Crippen molar-refractivity contribution in [3.05, 3.63) is 0 Å². The highest BCUT2D eigenvalue weighted by molar-refractivity contribution is 7.99. The van der Waals surface area contributed by atoms with E-state index in [1.54, 1.807) is 0 Å². The highest BCUT2D eigenvalue weighted by Gasteiger charge is 2.61. The predicted molar refractivity (Wildman–Crippen MR) is 183 cm³/mol. The van der Waals surface area contributed by atoms with Crippen molar-refractivity contribution in [2.45, 2.75) is 101 Å². The molecule has 0 aliphatic heterocycles. The van der Waals surface area contributed by atoms with Gasteiger partial charge in [0.2, 0.25) is 23.6 Å². The summed E-state index contributed by atoms with van der Waals surface area (Å²) in [5.74, 6) is -1.47. The molecule has 51 heavy (non-hydrogen) atoms. The molecular formula is C32H55N5O13S. The summed E-state index contributed by atoms with van der Waals surface area (Å²) in [5.41, 5.74) is 7.97. The molecular weight excluding hydrogens is 694 g/mol. The van der Waals surface area contributed by atoms with E-state index in [4.69, 9.17) is 30.4 Å². The molecule has 2 rings (SSSR count). The van der Waals surface area contributed by atoms with Gasteiger partial charge in [-0.2, -0.15) is 11.8 Å². The number of hydrogen-bond acceptors (Lipinski definition) is 15. The Morgan fingerprint density at radius 3 is 2.16 bits per heavy atom. The van der Waals surface area contributed by atoms with Gasteiger partial charge < -0.3 is 60.9 Å². The fourth-order valence-electron chi connectivity index (χ4n) is 5.04. The molecule has 4 amide bonds. The number of thioether (sulfide) groups is 1. The molecule has 2 aliphatic carbocycles. The maximum atomic E-state index is 13.0. The first-order valence-electron chi connectivity index (χ1n) is 16.7. The fraction of sp³-hybridized carbons (Fsp3) is 0.812. The molecule has 2 aliphatic rings. The molecule has 0 spiro atoms. The summed E-state index contributed by atoms with van der Waals surface area (Å²) in [6.07, 6.45) is -1.14. The molecule has 2 fully saturated rings. The quantitative estimate of drug-likeness (QED) is 0.0554. The number of hydrogen-bond donors (Lipinski definition) is 6. The van der Waals surface area contributed by atoms with Gasteiger partial charge in [0.25, 0.3) is 0 Å². The summed E-state index contributed by atoms with van der Waals surface area (Å²) in [4.78, 5) is 71.6. The van der Waals surface area contributed by atoms with Crippen molar-refractivity contribution in [3.8, 4) is 0 Å². The Labute approximate surface area is 302 Å². The third-order valence-corrected chi connectivity index (χ3v) is 10.1. The zero-order chi connectivity index (χ0) is 38.5. The van der Waals surface area contributed by atoms with Crippen molar-refractivity contribution in [2.24, 2.45) is 16.9 Å². The second-order valence-corrected chi connectivity index (χ2v) is 15.0. The number of nitrogens with one attached hydrogen (secondary N) is 3. The monoisotopic (exact) mass is 749 g/mol. The molecule has 18 nitrogen and oxygen atoms in total. The van der Waals surface area contributed by atoms with Gasteiger partial charge in [0.15, 0.2) is 0 Å². The van der Waals surface area contributed by atoms with Crippen LogP contribution in [0.1, 0.15) is 66.2 Å². The Morgan fingerprint density at radius 1 is 0.922 bits per heavy atom. The summed E-state index contributed by atoms with van der Waals surface area (Å²) < 4.78 is 31.2. The van der Waals surface area contributed by atoms with Gasteiger partial charge in [-0.15, -0.1) is 0 Å². The van der Waals surface area contributed by atoms with Crippen LogP contribution in [0.3, 0.4) is 0 Å². The van der Waals surface area contributed by atoms with E-state index in [-0.39, 0.29) is 50.8 Å². The fourth-order valence-corrected chi connectivity index (χ4v) is 6.42. The summed E-state index contributed by atoms with van der Waals surface area (Å²) in [6, 6.07) is -1.01. The van der Waals surface area contributed by atoms with Crippen LogP contribution in [0.5, 0.6) is 0 Å². The van der Waals surface area contributed by atoms with Crippen LogP contribution >= 0.6 is 11.8 Å². The maximum absolute atomic E-state index is 13.0. The van der Waals surface area contributed by atoms with Crippen molar-refractivity contribution in [1.82, 2.24) is 16.0 Å². The number of methoxy groups -OCH3 is 2. The average molecular weight is 750 g/mol. The molecule has 2 saturated carbocycles. The molecule has 0 radical (unpaired) electrons. The normalized spacial score (nSPS) is 22.9. The molecule has 0 bridgehead atoms. The van der Waals surface area contributed by atoms with E-state index < -0.39 is 70.4 Å². The lowest BCUT2D eigenvalue weighted by Gasteiger charge is -2.30. The molecule has 0 saturated heterocycles. The van der Waals surface area contributed by atoms with E-state index >= 15 is 0 Å². The molecule has 4 unspecified atom stereocenters. The number of primary amides is 1. The molecule has 292 valence electrons. The number of rotatable bonds is 24. The van der Waals surface area contributed by atoms with Gasteiger partial charge >= 0.3 is 12.3 Å². The third kappa shape index (κ3) is 15.0. The molecule has 0 heterocycles. The van der Waals surface area contributed by atoms with E-state index in [9.17, 15) is 33.9 Å². The van der Waals surface area contributed by atoms with Gasteiger partial charge in [0.05, 0.1) is 63.9 Å². The van der Waals surface area contributed by atoms with Crippen LogP contribution in [0.2, 0.25) is 0 Å².